The molecule has 0 spiro atoms. The first-order valence-electron chi connectivity index (χ1n) is 8.63. The number of rotatable bonds is 6. The van der Waals surface area contributed by atoms with Gasteiger partial charge in [0.05, 0.1) is 30.4 Å². The van der Waals surface area contributed by atoms with Crippen LogP contribution >= 0.6 is 23.2 Å². The largest absolute Gasteiger partial charge is 0.465 e. The number of ether oxygens (including phenoxy) is 1. The molecular formula is C20H18Cl2N4O3. The predicted molar refractivity (Wildman–Crippen MR) is 112 cm³/mol. The number of nitrogens with zero attached hydrogens (tertiary/aromatic N) is 3. The summed E-state index contributed by atoms with van der Waals surface area (Å²) < 4.78 is 4.84. The molecule has 9 heteroatoms. The van der Waals surface area contributed by atoms with E-state index in [-0.39, 0.29) is 12.5 Å². The number of esters is 1. The van der Waals surface area contributed by atoms with Crippen LogP contribution in [0.25, 0.3) is 10.8 Å². The van der Waals surface area contributed by atoms with Crippen molar-refractivity contribution in [3.63, 3.8) is 0 Å². The van der Waals surface area contributed by atoms with Crippen LogP contribution in [0.1, 0.15) is 15.9 Å². The van der Waals surface area contributed by atoms with E-state index < -0.39 is 5.97 Å². The van der Waals surface area contributed by atoms with Gasteiger partial charge in [0.1, 0.15) is 0 Å². The maximum absolute atomic E-state index is 12.4. The summed E-state index contributed by atoms with van der Waals surface area (Å²) in [4.78, 5) is 26.2. The summed E-state index contributed by atoms with van der Waals surface area (Å²) in [7, 11) is 3.05. The quantitative estimate of drug-likeness (QED) is 0.600. The first-order valence-corrected chi connectivity index (χ1v) is 9.39. The average molecular weight is 433 g/mol. The molecule has 1 heterocycles. The fourth-order valence-electron chi connectivity index (χ4n) is 2.92. The Labute approximate surface area is 177 Å². The van der Waals surface area contributed by atoms with E-state index in [0.29, 0.717) is 38.6 Å². The molecule has 0 aliphatic rings. The molecule has 0 saturated carbocycles. The van der Waals surface area contributed by atoms with Gasteiger partial charge in [0, 0.05) is 35.9 Å². The minimum absolute atomic E-state index is 0.0528. The SMILES string of the molecule is COC(=O)c1cc(N(C)CC(=O)NCc2ccnnc2)c2c(Cl)cc(Cl)cc2c1. The number of nitrogens with one attached hydrogen (secondary N) is 1. The maximum Gasteiger partial charge on any atom is 0.337 e. The molecule has 0 atom stereocenters. The molecule has 1 amide bonds. The number of fused-ring (bicyclic) bond motifs is 1. The first-order chi connectivity index (χ1) is 13.9. The monoisotopic (exact) mass is 432 g/mol. The van der Waals surface area contributed by atoms with Crippen molar-refractivity contribution in [3.05, 3.63) is 63.9 Å². The lowest BCUT2D eigenvalue weighted by atomic mass is 10.0. The zero-order valence-electron chi connectivity index (χ0n) is 15.8. The molecule has 0 aliphatic carbocycles. The van der Waals surface area contributed by atoms with Crippen molar-refractivity contribution in [2.45, 2.75) is 6.54 Å². The normalized spacial score (nSPS) is 10.6. The topological polar surface area (TPSA) is 84.4 Å². The second-order valence-corrected chi connectivity index (χ2v) is 7.20. The number of amides is 1. The molecule has 150 valence electrons. The van der Waals surface area contributed by atoms with Crippen LogP contribution in [0.3, 0.4) is 0 Å². The van der Waals surface area contributed by atoms with Crippen molar-refractivity contribution in [1.29, 1.82) is 0 Å². The van der Waals surface area contributed by atoms with Gasteiger partial charge in [-0.05, 0) is 41.3 Å². The van der Waals surface area contributed by atoms with Crippen LogP contribution in [-0.2, 0) is 16.1 Å². The van der Waals surface area contributed by atoms with E-state index >= 15 is 0 Å². The third-order valence-electron chi connectivity index (χ3n) is 4.29. The van der Waals surface area contributed by atoms with E-state index in [9.17, 15) is 9.59 Å². The molecule has 0 bridgehead atoms. The number of benzene rings is 2. The Kier molecular flexibility index (Phi) is 6.51. The van der Waals surface area contributed by atoms with Crippen molar-refractivity contribution in [3.8, 4) is 0 Å². The number of likely N-dealkylation sites (N-methyl/N-ethyl adjacent to an activating group) is 1. The third kappa shape index (κ3) is 4.93. The molecule has 0 radical (unpaired) electrons. The van der Waals surface area contributed by atoms with Crippen LogP contribution < -0.4 is 10.2 Å². The summed E-state index contributed by atoms with van der Waals surface area (Å²) in [5, 5.41) is 12.5. The molecule has 3 rings (SSSR count). The summed E-state index contributed by atoms with van der Waals surface area (Å²) in [6.45, 7) is 0.388. The lowest BCUT2D eigenvalue weighted by Gasteiger charge is -2.22. The minimum atomic E-state index is -0.493. The number of anilines is 1. The van der Waals surface area contributed by atoms with Gasteiger partial charge >= 0.3 is 5.97 Å². The second-order valence-electron chi connectivity index (χ2n) is 6.36. The molecule has 0 unspecified atom stereocenters. The average Bonchev–Trinajstić information content (AvgIpc) is 2.71. The van der Waals surface area contributed by atoms with Gasteiger partial charge in [-0.25, -0.2) is 4.79 Å². The molecule has 1 aromatic heterocycles. The van der Waals surface area contributed by atoms with E-state index in [4.69, 9.17) is 27.9 Å². The van der Waals surface area contributed by atoms with Crippen LogP contribution in [0.5, 0.6) is 0 Å². The summed E-state index contributed by atoms with van der Waals surface area (Å²) in [5.41, 5.74) is 1.79. The highest BCUT2D eigenvalue weighted by molar-refractivity contribution is 6.39. The highest BCUT2D eigenvalue weighted by Gasteiger charge is 2.17. The number of hydrogen-bond donors (Lipinski definition) is 1. The first kappa shape index (κ1) is 20.8. The summed E-state index contributed by atoms with van der Waals surface area (Å²) in [6, 6.07) is 8.41. The molecule has 0 aliphatic heterocycles. The van der Waals surface area contributed by atoms with Crippen molar-refractivity contribution >= 4 is 51.5 Å². The van der Waals surface area contributed by atoms with Crippen molar-refractivity contribution in [2.24, 2.45) is 0 Å². The van der Waals surface area contributed by atoms with Gasteiger partial charge in [-0.2, -0.15) is 10.2 Å². The Bertz CT molecular complexity index is 1060. The highest BCUT2D eigenvalue weighted by atomic mass is 35.5. The third-order valence-corrected chi connectivity index (χ3v) is 4.81. The van der Waals surface area contributed by atoms with Crippen molar-refractivity contribution in [2.75, 3.05) is 25.6 Å². The van der Waals surface area contributed by atoms with Crippen LogP contribution in [0.2, 0.25) is 10.0 Å². The number of hydrogen-bond acceptors (Lipinski definition) is 6. The van der Waals surface area contributed by atoms with Crippen LogP contribution in [0, 0.1) is 0 Å². The van der Waals surface area contributed by atoms with Gasteiger partial charge in [0.15, 0.2) is 0 Å². The summed E-state index contributed by atoms with van der Waals surface area (Å²) in [6.07, 6.45) is 3.14. The fourth-order valence-corrected chi connectivity index (χ4v) is 3.53. The number of methoxy groups -OCH3 is 1. The molecule has 7 nitrogen and oxygen atoms in total. The Morgan fingerprint density at radius 1 is 1.17 bits per heavy atom. The van der Waals surface area contributed by atoms with Gasteiger partial charge in [0.25, 0.3) is 0 Å². The van der Waals surface area contributed by atoms with Gasteiger partial charge < -0.3 is 15.0 Å². The predicted octanol–water partition coefficient (Wildman–Crippen LogP) is 3.48. The lowest BCUT2D eigenvalue weighted by Crippen LogP contribution is -2.35. The molecular weight excluding hydrogens is 415 g/mol. The summed E-state index contributed by atoms with van der Waals surface area (Å²) >= 11 is 12.5. The van der Waals surface area contributed by atoms with Crippen LogP contribution in [-0.4, -0.2) is 42.8 Å². The number of halogens is 2. The van der Waals surface area contributed by atoms with Crippen LogP contribution in [0.4, 0.5) is 5.69 Å². The zero-order valence-corrected chi connectivity index (χ0v) is 17.3. The molecule has 2 aromatic carbocycles. The van der Waals surface area contributed by atoms with Crippen molar-refractivity contribution in [1.82, 2.24) is 15.5 Å². The fraction of sp³-hybridized carbons (Fsp3) is 0.200. The van der Waals surface area contributed by atoms with Crippen LogP contribution in [0.15, 0.2) is 42.7 Å². The molecule has 0 saturated heterocycles. The molecule has 29 heavy (non-hydrogen) atoms. The molecule has 3 aromatic rings. The molecule has 0 fully saturated rings. The zero-order chi connectivity index (χ0) is 21.0. The second kappa shape index (κ2) is 9.07. The number of carbonyl (C=O) groups is 2. The van der Waals surface area contributed by atoms with E-state index in [0.717, 1.165) is 5.56 Å². The maximum atomic E-state index is 12.4. The van der Waals surface area contributed by atoms with Gasteiger partial charge in [0.2, 0.25) is 5.91 Å². The minimum Gasteiger partial charge on any atom is -0.465 e. The molecule has 1 N–H and O–H groups in total. The Balaban J connectivity index is 1.88. The highest BCUT2D eigenvalue weighted by Crippen LogP contribution is 2.36. The summed E-state index contributed by atoms with van der Waals surface area (Å²) in [5.74, 6) is -0.696. The van der Waals surface area contributed by atoms with E-state index in [1.165, 1.54) is 7.11 Å². The standard InChI is InChI=1S/C20H18Cl2N4O3/c1-26(11-18(27)23-9-12-3-4-24-25-10-12)17-7-14(20(28)29-2)5-13-6-15(21)8-16(22)19(13)17/h3-8,10H,9,11H2,1-2H3,(H,23,27). The Hall–Kier alpha value is -2.90. The van der Waals surface area contributed by atoms with Gasteiger partial charge in [-0.1, -0.05) is 23.2 Å². The van der Waals surface area contributed by atoms with Crippen molar-refractivity contribution < 1.29 is 14.3 Å². The van der Waals surface area contributed by atoms with Gasteiger partial charge in [-0.15, -0.1) is 0 Å². The number of carbonyl (C=O) groups excluding carboxylic acids is 2. The van der Waals surface area contributed by atoms with Gasteiger partial charge in [-0.3, -0.25) is 4.79 Å². The number of aromatic nitrogens is 2. The Morgan fingerprint density at radius 2 is 1.97 bits per heavy atom. The van der Waals surface area contributed by atoms with E-state index in [1.54, 1.807) is 54.7 Å². The lowest BCUT2D eigenvalue weighted by molar-refractivity contribution is -0.119. The van der Waals surface area contributed by atoms with E-state index in [1.807, 2.05) is 0 Å². The Morgan fingerprint density at radius 3 is 2.66 bits per heavy atom. The van der Waals surface area contributed by atoms with E-state index in [2.05, 4.69) is 15.5 Å². The smallest absolute Gasteiger partial charge is 0.337 e.